The molecule has 0 fully saturated rings. The zero-order chi connectivity index (χ0) is 33.7. The number of allylic oxidation sites excluding steroid dienone is 8. The number of aromatic nitrogens is 1. The average Bonchev–Trinajstić information content (AvgIpc) is 3.77. The molecular formula is C48H36N2O. The Kier molecular flexibility index (Phi) is 7.09. The molecule has 0 saturated heterocycles. The van der Waals surface area contributed by atoms with E-state index in [1.54, 1.807) is 0 Å². The zero-order valence-electron chi connectivity index (χ0n) is 28.3. The second-order valence-corrected chi connectivity index (χ2v) is 13.7. The highest BCUT2D eigenvalue weighted by Crippen LogP contribution is 2.43. The third-order valence-corrected chi connectivity index (χ3v) is 10.6. The molecule has 2 aromatic heterocycles. The molecule has 0 radical (unpaired) electrons. The van der Waals surface area contributed by atoms with Gasteiger partial charge in [-0.3, -0.25) is 0 Å². The Morgan fingerprint density at radius 2 is 1.27 bits per heavy atom. The van der Waals surface area contributed by atoms with Crippen molar-refractivity contribution < 1.29 is 4.42 Å². The third-order valence-electron chi connectivity index (χ3n) is 10.6. The molecule has 0 unspecified atom stereocenters. The molecule has 0 saturated carbocycles. The minimum Gasteiger partial charge on any atom is -0.456 e. The van der Waals surface area contributed by atoms with E-state index in [1.807, 2.05) is 12.1 Å². The molecule has 0 atom stereocenters. The molecule has 2 aliphatic rings. The molecule has 0 bridgehead atoms. The zero-order valence-corrected chi connectivity index (χ0v) is 28.3. The molecule has 2 heterocycles. The van der Waals surface area contributed by atoms with E-state index in [0.717, 1.165) is 75.6 Å². The minimum atomic E-state index is 0.915. The molecule has 51 heavy (non-hydrogen) atoms. The molecule has 0 aliphatic heterocycles. The van der Waals surface area contributed by atoms with Gasteiger partial charge in [-0.1, -0.05) is 109 Å². The molecule has 1 N–H and O–H groups in total. The quantitative estimate of drug-likeness (QED) is 0.193. The minimum absolute atomic E-state index is 0.915. The summed E-state index contributed by atoms with van der Waals surface area (Å²) in [5.74, 6) is 0. The lowest BCUT2D eigenvalue weighted by Gasteiger charge is -2.31. The van der Waals surface area contributed by atoms with Crippen LogP contribution in [-0.4, -0.2) is 4.98 Å². The Balaban J connectivity index is 1.12. The first-order valence-electron chi connectivity index (χ1n) is 17.9. The van der Waals surface area contributed by atoms with Crippen molar-refractivity contribution >= 4 is 55.1 Å². The number of nitrogens with zero attached hydrogens (tertiary/aromatic N) is 1. The number of para-hydroxylation sites is 2. The second kappa shape index (κ2) is 12.2. The number of fused-ring (bicyclic) bond motifs is 6. The molecule has 244 valence electrons. The highest BCUT2D eigenvalue weighted by Gasteiger charge is 2.22. The van der Waals surface area contributed by atoms with Gasteiger partial charge in [-0.25, -0.2) is 0 Å². The van der Waals surface area contributed by atoms with Crippen molar-refractivity contribution in [2.24, 2.45) is 0 Å². The molecule has 0 amide bonds. The fourth-order valence-electron chi connectivity index (χ4n) is 8.05. The number of rotatable bonds is 6. The van der Waals surface area contributed by atoms with Crippen molar-refractivity contribution in [2.75, 3.05) is 4.90 Å². The third kappa shape index (κ3) is 5.21. The number of H-pyrrole nitrogens is 1. The normalized spacial score (nSPS) is 14.6. The maximum absolute atomic E-state index is 6.24. The van der Waals surface area contributed by atoms with Crippen LogP contribution in [0.4, 0.5) is 11.4 Å². The summed E-state index contributed by atoms with van der Waals surface area (Å²) in [4.78, 5) is 6.23. The largest absolute Gasteiger partial charge is 0.456 e. The number of hydrogen-bond acceptors (Lipinski definition) is 2. The Hall–Kier alpha value is -6.32. The van der Waals surface area contributed by atoms with Crippen LogP contribution in [-0.2, 0) is 0 Å². The summed E-state index contributed by atoms with van der Waals surface area (Å²) in [7, 11) is 0. The summed E-state index contributed by atoms with van der Waals surface area (Å²) in [6.07, 6.45) is 15.7. The number of furan rings is 1. The van der Waals surface area contributed by atoms with Gasteiger partial charge in [0.2, 0.25) is 0 Å². The molecule has 8 aromatic rings. The Morgan fingerprint density at radius 3 is 2.10 bits per heavy atom. The predicted molar refractivity (Wildman–Crippen MR) is 214 cm³/mol. The van der Waals surface area contributed by atoms with Crippen LogP contribution in [0.2, 0.25) is 0 Å². The SMILES string of the molecule is C1=CCCC(C2=CC=C(N(c3ccc(-c4ccc5c(c4)oc4ccccc45)cc3)c3cc(-c4ccccc4)c4[nH]c5ccccc5c4c3)CC2)=C1. The lowest BCUT2D eigenvalue weighted by atomic mass is 9.90. The van der Waals surface area contributed by atoms with Crippen LogP contribution in [0, 0.1) is 0 Å². The molecular weight excluding hydrogens is 621 g/mol. The molecule has 0 spiro atoms. The van der Waals surface area contributed by atoms with Crippen LogP contribution < -0.4 is 4.90 Å². The van der Waals surface area contributed by atoms with Gasteiger partial charge in [0.15, 0.2) is 0 Å². The summed E-state index contributed by atoms with van der Waals surface area (Å²) >= 11 is 0. The number of hydrogen-bond donors (Lipinski definition) is 1. The standard InChI is InChI=1S/C48H36N2O/c1-3-11-32(12-4-1)33-19-24-37(25-20-33)50(38-26-21-34(22-27-38)36-23-28-42-41-16-8-10-18-46(41)51-47(42)29-36)39-30-43(35-13-5-2-6-14-35)48-44(31-39)40-15-7-9-17-45(40)49-48/h1-3,5-11,13-19,21-24,26-31,49H,4,12,20,25H2. The maximum Gasteiger partial charge on any atom is 0.136 e. The van der Waals surface area contributed by atoms with E-state index in [2.05, 4.69) is 162 Å². The smallest absolute Gasteiger partial charge is 0.136 e. The van der Waals surface area contributed by atoms with Gasteiger partial charge in [-0.05, 0) is 108 Å². The summed E-state index contributed by atoms with van der Waals surface area (Å²) in [6, 6.07) is 48.0. The van der Waals surface area contributed by atoms with Gasteiger partial charge in [0.1, 0.15) is 11.2 Å². The number of anilines is 2. The second-order valence-electron chi connectivity index (χ2n) is 13.7. The van der Waals surface area contributed by atoms with Crippen molar-refractivity contribution in [1.29, 1.82) is 0 Å². The van der Waals surface area contributed by atoms with E-state index in [1.165, 1.54) is 44.3 Å². The molecule has 6 aromatic carbocycles. The van der Waals surface area contributed by atoms with Crippen LogP contribution in [0.1, 0.15) is 25.7 Å². The summed E-state index contributed by atoms with van der Waals surface area (Å²) in [6.45, 7) is 0. The fraction of sp³-hybridized carbons (Fsp3) is 0.0833. The van der Waals surface area contributed by atoms with Gasteiger partial charge in [0, 0.05) is 49.7 Å². The highest BCUT2D eigenvalue weighted by molar-refractivity contribution is 6.13. The number of benzene rings is 6. The van der Waals surface area contributed by atoms with E-state index >= 15 is 0 Å². The van der Waals surface area contributed by atoms with Gasteiger partial charge in [0.25, 0.3) is 0 Å². The monoisotopic (exact) mass is 656 g/mol. The average molecular weight is 657 g/mol. The molecule has 3 nitrogen and oxygen atoms in total. The Morgan fingerprint density at radius 1 is 0.510 bits per heavy atom. The summed E-state index contributed by atoms with van der Waals surface area (Å²) in [5.41, 5.74) is 15.4. The van der Waals surface area contributed by atoms with Crippen LogP contribution in [0.5, 0.6) is 0 Å². The van der Waals surface area contributed by atoms with Crippen molar-refractivity contribution in [3.8, 4) is 22.3 Å². The van der Waals surface area contributed by atoms with Gasteiger partial charge >= 0.3 is 0 Å². The topological polar surface area (TPSA) is 32.2 Å². The van der Waals surface area contributed by atoms with E-state index in [0.29, 0.717) is 0 Å². The number of aromatic amines is 1. The Labute approximate surface area is 297 Å². The van der Waals surface area contributed by atoms with E-state index < -0.39 is 0 Å². The van der Waals surface area contributed by atoms with E-state index in [-0.39, 0.29) is 0 Å². The van der Waals surface area contributed by atoms with Crippen LogP contribution in [0.25, 0.3) is 66.0 Å². The molecule has 10 rings (SSSR count). The molecule has 2 aliphatic carbocycles. The number of nitrogens with one attached hydrogen (secondary N) is 1. The lowest BCUT2D eigenvalue weighted by Crippen LogP contribution is -2.18. The maximum atomic E-state index is 6.24. The highest BCUT2D eigenvalue weighted by atomic mass is 16.3. The lowest BCUT2D eigenvalue weighted by molar-refractivity contribution is 0.669. The first-order valence-corrected chi connectivity index (χ1v) is 17.9. The van der Waals surface area contributed by atoms with Crippen LogP contribution in [0.15, 0.2) is 185 Å². The van der Waals surface area contributed by atoms with Crippen molar-refractivity contribution in [2.45, 2.75) is 25.7 Å². The van der Waals surface area contributed by atoms with Crippen molar-refractivity contribution in [3.05, 3.63) is 181 Å². The fourth-order valence-corrected chi connectivity index (χ4v) is 8.05. The van der Waals surface area contributed by atoms with Crippen molar-refractivity contribution in [3.63, 3.8) is 0 Å². The van der Waals surface area contributed by atoms with E-state index in [9.17, 15) is 0 Å². The van der Waals surface area contributed by atoms with Crippen LogP contribution >= 0.6 is 0 Å². The Bertz CT molecular complexity index is 2730. The van der Waals surface area contributed by atoms with Gasteiger partial charge in [0.05, 0.1) is 5.52 Å². The van der Waals surface area contributed by atoms with Crippen LogP contribution in [0.3, 0.4) is 0 Å². The van der Waals surface area contributed by atoms with E-state index in [4.69, 9.17) is 4.42 Å². The van der Waals surface area contributed by atoms with Gasteiger partial charge < -0.3 is 14.3 Å². The van der Waals surface area contributed by atoms with Gasteiger partial charge in [-0.15, -0.1) is 0 Å². The first-order chi connectivity index (χ1) is 25.3. The summed E-state index contributed by atoms with van der Waals surface area (Å²) in [5, 5.41) is 4.77. The van der Waals surface area contributed by atoms with Crippen molar-refractivity contribution in [1.82, 2.24) is 4.98 Å². The predicted octanol–water partition coefficient (Wildman–Crippen LogP) is 13.6. The molecule has 3 heteroatoms. The van der Waals surface area contributed by atoms with Gasteiger partial charge in [-0.2, -0.15) is 0 Å². The summed E-state index contributed by atoms with van der Waals surface area (Å²) < 4.78 is 6.24. The first kappa shape index (κ1) is 29.6.